The normalized spacial score (nSPS) is 13.6. The molecule has 0 spiro atoms. The first-order valence-corrected chi connectivity index (χ1v) is 6.89. The van der Waals surface area contributed by atoms with Crippen LogP contribution in [0.1, 0.15) is 24.3 Å². The Morgan fingerprint density at radius 1 is 1.41 bits per heavy atom. The van der Waals surface area contributed by atoms with E-state index in [2.05, 4.69) is 10.4 Å². The monoisotopic (exact) mass is 307 g/mol. The quantitative estimate of drug-likeness (QED) is 0.780. The van der Waals surface area contributed by atoms with E-state index >= 15 is 0 Å². The van der Waals surface area contributed by atoms with Crippen LogP contribution in [-0.2, 0) is 0 Å². The lowest BCUT2D eigenvalue weighted by Gasteiger charge is -2.18. The maximum absolute atomic E-state index is 13.7. The van der Waals surface area contributed by atoms with Crippen LogP contribution in [0.25, 0.3) is 5.69 Å². The Hall–Kier alpha value is -2.41. The number of carbonyl (C=O) groups is 1. The largest absolute Gasteiger partial charge is 0.504 e. The first-order valence-electron chi connectivity index (χ1n) is 6.89. The topological polar surface area (TPSA) is 87.4 Å². The molecule has 3 N–H and O–H groups in total. The van der Waals surface area contributed by atoms with Crippen molar-refractivity contribution < 1.29 is 19.4 Å². The SMILES string of the molecule is CC(CO)C(C)NC(=O)c1nn(-c2ccccc2F)cc1O. The molecular weight excluding hydrogens is 289 g/mol. The summed E-state index contributed by atoms with van der Waals surface area (Å²) >= 11 is 0. The van der Waals surface area contributed by atoms with Crippen LogP contribution in [0.2, 0.25) is 0 Å². The Kier molecular flexibility index (Phi) is 4.77. The summed E-state index contributed by atoms with van der Waals surface area (Å²) in [5, 5.41) is 25.5. The summed E-state index contributed by atoms with van der Waals surface area (Å²) in [6.07, 6.45) is 1.17. The third kappa shape index (κ3) is 3.25. The van der Waals surface area contributed by atoms with Gasteiger partial charge in [0.05, 0.1) is 6.20 Å². The molecule has 1 amide bonds. The van der Waals surface area contributed by atoms with Crippen LogP contribution in [0.5, 0.6) is 5.75 Å². The Morgan fingerprint density at radius 2 is 2.09 bits per heavy atom. The number of halogens is 1. The maximum atomic E-state index is 13.7. The van der Waals surface area contributed by atoms with Gasteiger partial charge in [-0.1, -0.05) is 19.1 Å². The van der Waals surface area contributed by atoms with Gasteiger partial charge in [-0.2, -0.15) is 5.10 Å². The Bertz CT molecular complexity index is 672. The average Bonchev–Trinajstić information content (AvgIpc) is 2.88. The molecule has 1 aromatic carbocycles. The van der Waals surface area contributed by atoms with Crippen molar-refractivity contribution in [1.82, 2.24) is 15.1 Å². The second kappa shape index (κ2) is 6.57. The minimum Gasteiger partial charge on any atom is -0.504 e. The van der Waals surface area contributed by atoms with Crippen molar-refractivity contribution in [3.05, 3.63) is 42.0 Å². The van der Waals surface area contributed by atoms with Crippen molar-refractivity contribution in [2.75, 3.05) is 6.61 Å². The summed E-state index contributed by atoms with van der Waals surface area (Å²) in [5.41, 5.74) is -0.0612. The van der Waals surface area contributed by atoms with Gasteiger partial charge in [0.1, 0.15) is 11.5 Å². The fourth-order valence-electron chi connectivity index (χ4n) is 1.86. The number of nitrogens with zero attached hydrogens (tertiary/aromatic N) is 2. The average molecular weight is 307 g/mol. The van der Waals surface area contributed by atoms with E-state index in [4.69, 9.17) is 5.11 Å². The van der Waals surface area contributed by atoms with Gasteiger partial charge in [-0.25, -0.2) is 9.07 Å². The van der Waals surface area contributed by atoms with Gasteiger partial charge in [0.25, 0.3) is 5.91 Å². The number of rotatable bonds is 5. The molecule has 0 radical (unpaired) electrons. The van der Waals surface area contributed by atoms with E-state index in [1.54, 1.807) is 19.9 Å². The van der Waals surface area contributed by atoms with Gasteiger partial charge in [0.2, 0.25) is 0 Å². The predicted molar refractivity (Wildman–Crippen MR) is 78.4 cm³/mol. The van der Waals surface area contributed by atoms with Gasteiger partial charge in [-0.3, -0.25) is 4.79 Å². The number of aromatic nitrogens is 2. The molecule has 7 heteroatoms. The van der Waals surface area contributed by atoms with Crippen LogP contribution in [0.3, 0.4) is 0 Å². The van der Waals surface area contributed by atoms with Crippen LogP contribution in [-0.4, -0.2) is 38.5 Å². The predicted octanol–water partition coefficient (Wildman–Crippen LogP) is 1.46. The number of aliphatic hydroxyl groups is 1. The minimum atomic E-state index is -0.583. The summed E-state index contributed by atoms with van der Waals surface area (Å²) < 4.78 is 14.8. The van der Waals surface area contributed by atoms with Crippen molar-refractivity contribution in [2.45, 2.75) is 19.9 Å². The molecule has 2 atom stereocenters. The van der Waals surface area contributed by atoms with Gasteiger partial charge in [0, 0.05) is 12.6 Å². The first kappa shape index (κ1) is 16.0. The number of carbonyl (C=O) groups excluding carboxylic acids is 1. The lowest BCUT2D eigenvalue weighted by molar-refractivity contribution is 0.0908. The van der Waals surface area contributed by atoms with Crippen molar-refractivity contribution in [3.8, 4) is 11.4 Å². The molecule has 22 heavy (non-hydrogen) atoms. The number of benzene rings is 1. The Balaban J connectivity index is 2.23. The van der Waals surface area contributed by atoms with Gasteiger partial charge >= 0.3 is 0 Å². The summed E-state index contributed by atoms with van der Waals surface area (Å²) in [5.74, 6) is -1.58. The molecule has 0 aliphatic heterocycles. The molecule has 6 nitrogen and oxygen atoms in total. The van der Waals surface area contributed by atoms with Crippen molar-refractivity contribution in [2.24, 2.45) is 5.92 Å². The van der Waals surface area contributed by atoms with Gasteiger partial charge in [0.15, 0.2) is 11.4 Å². The van der Waals surface area contributed by atoms with Gasteiger partial charge in [-0.05, 0) is 25.0 Å². The number of amides is 1. The number of nitrogens with one attached hydrogen (secondary N) is 1. The van der Waals surface area contributed by atoms with Gasteiger partial charge < -0.3 is 15.5 Å². The number of para-hydroxylation sites is 1. The van der Waals surface area contributed by atoms with Crippen LogP contribution in [0.4, 0.5) is 4.39 Å². The highest BCUT2D eigenvalue weighted by Gasteiger charge is 2.21. The molecule has 2 rings (SSSR count). The molecule has 0 aliphatic carbocycles. The van der Waals surface area contributed by atoms with Crippen LogP contribution < -0.4 is 5.32 Å². The molecule has 0 saturated heterocycles. The number of hydrogen-bond acceptors (Lipinski definition) is 4. The van der Waals surface area contributed by atoms with Crippen molar-refractivity contribution >= 4 is 5.91 Å². The zero-order valence-electron chi connectivity index (χ0n) is 12.3. The third-order valence-corrected chi connectivity index (χ3v) is 3.51. The van der Waals surface area contributed by atoms with Gasteiger partial charge in [-0.15, -0.1) is 0 Å². The summed E-state index contributed by atoms with van der Waals surface area (Å²) in [6.45, 7) is 3.45. The Morgan fingerprint density at radius 3 is 2.73 bits per heavy atom. The minimum absolute atomic E-state index is 0.0723. The molecule has 118 valence electrons. The fraction of sp³-hybridized carbons (Fsp3) is 0.333. The summed E-state index contributed by atoms with van der Waals surface area (Å²) in [4.78, 5) is 12.1. The van der Waals surface area contributed by atoms with E-state index in [0.29, 0.717) is 0 Å². The van der Waals surface area contributed by atoms with E-state index < -0.39 is 11.7 Å². The van der Waals surface area contributed by atoms with E-state index in [-0.39, 0.29) is 35.7 Å². The molecular formula is C15H18FN3O3. The zero-order chi connectivity index (χ0) is 16.3. The van der Waals surface area contributed by atoms with E-state index in [9.17, 15) is 14.3 Å². The summed E-state index contributed by atoms with van der Waals surface area (Å²) in [6, 6.07) is 5.62. The molecule has 0 aliphatic rings. The highest BCUT2D eigenvalue weighted by molar-refractivity contribution is 5.95. The second-order valence-electron chi connectivity index (χ2n) is 5.18. The van der Waals surface area contributed by atoms with Crippen molar-refractivity contribution in [3.63, 3.8) is 0 Å². The number of aliphatic hydroxyl groups excluding tert-OH is 1. The molecule has 1 aromatic heterocycles. The van der Waals surface area contributed by atoms with E-state index in [1.807, 2.05) is 0 Å². The van der Waals surface area contributed by atoms with E-state index in [0.717, 1.165) is 4.68 Å². The maximum Gasteiger partial charge on any atom is 0.275 e. The molecule has 2 aromatic rings. The molecule has 0 saturated carbocycles. The molecule has 0 bridgehead atoms. The molecule has 2 unspecified atom stereocenters. The smallest absolute Gasteiger partial charge is 0.275 e. The lowest BCUT2D eigenvalue weighted by atomic mass is 10.1. The first-order chi connectivity index (χ1) is 10.4. The van der Waals surface area contributed by atoms with Crippen molar-refractivity contribution in [1.29, 1.82) is 0 Å². The molecule has 0 fully saturated rings. The zero-order valence-corrected chi connectivity index (χ0v) is 12.3. The van der Waals surface area contributed by atoms with Crippen LogP contribution in [0, 0.1) is 11.7 Å². The number of aromatic hydroxyl groups is 1. The van der Waals surface area contributed by atoms with Crippen LogP contribution in [0.15, 0.2) is 30.5 Å². The van der Waals surface area contributed by atoms with Crippen LogP contribution >= 0.6 is 0 Å². The standard InChI is InChI=1S/C15H18FN3O3/c1-9(8-20)10(2)17-15(22)14-13(21)7-19(18-14)12-6-4-3-5-11(12)16/h3-7,9-10,20-21H,8H2,1-2H3,(H,17,22). The summed E-state index contributed by atoms with van der Waals surface area (Å²) in [7, 11) is 0. The second-order valence-corrected chi connectivity index (χ2v) is 5.18. The number of hydrogen-bond donors (Lipinski definition) is 3. The van der Waals surface area contributed by atoms with E-state index in [1.165, 1.54) is 24.4 Å². The third-order valence-electron chi connectivity index (χ3n) is 3.51. The highest BCUT2D eigenvalue weighted by atomic mass is 19.1. The fourth-order valence-corrected chi connectivity index (χ4v) is 1.86. The highest BCUT2D eigenvalue weighted by Crippen LogP contribution is 2.20. The molecule has 1 heterocycles. The Labute approximate surface area is 127 Å². The lowest BCUT2D eigenvalue weighted by Crippen LogP contribution is -2.38.